The SMILES string of the molecule is COc1ccc(C(=O)NC(=S)Nc2ccc(Cl)cc2Cl)cc1[N+](=O)[O-]. The first-order valence-corrected chi connectivity index (χ1v) is 7.88. The van der Waals surface area contributed by atoms with Crippen molar-refractivity contribution in [3.63, 3.8) is 0 Å². The van der Waals surface area contributed by atoms with Crippen LogP contribution in [0.1, 0.15) is 10.4 Å². The van der Waals surface area contributed by atoms with Crippen molar-refractivity contribution in [2.24, 2.45) is 0 Å². The van der Waals surface area contributed by atoms with E-state index in [0.717, 1.165) is 6.07 Å². The van der Waals surface area contributed by atoms with Gasteiger partial charge in [-0.3, -0.25) is 20.2 Å². The van der Waals surface area contributed by atoms with E-state index < -0.39 is 10.8 Å². The van der Waals surface area contributed by atoms with Gasteiger partial charge in [-0.1, -0.05) is 23.2 Å². The van der Waals surface area contributed by atoms with Gasteiger partial charge in [-0.05, 0) is 42.5 Å². The van der Waals surface area contributed by atoms with Crippen molar-refractivity contribution in [2.75, 3.05) is 12.4 Å². The quantitative estimate of drug-likeness (QED) is 0.457. The van der Waals surface area contributed by atoms with Gasteiger partial charge in [0.25, 0.3) is 5.91 Å². The van der Waals surface area contributed by atoms with Crippen LogP contribution in [-0.2, 0) is 0 Å². The van der Waals surface area contributed by atoms with Crippen LogP contribution in [0.25, 0.3) is 0 Å². The minimum Gasteiger partial charge on any atom is -0.490 e. The summed E-state index contributed by atoms with van der Waals surface area (Å²) in [5, 5.41) is 16.9. The summed E-state index contributed by atoms with van der Waals surface area (Å²) in [6, 6.07) is 8.54. The molecule has 0 bridgehead atoms. The lowest BCUT2D eigenvalue weighted by Crippen LogP contribution is -2.34. The zero-order valence-corrected chi connectivity index (χ0v) is 15.0. The largest absolute Gasteiger partial charge is 0.490 e. The number of rotatable bonds is 4. The number of nitrogens with one attached hydrogen (secondary N) is 2. The van der Waals surface area contributed by atoms with E-state index in [2.05, 4.69) is 10.6 Å². The van der Waals surface area contributed by atoms with Gasteiger partial charge in [0.15, 0.2) is 10.9 Å². The summed E-state index contributed by atoms with van der Waals surface area (Å²) >= 11 is 16.9. The molecule has 0 atom stereocenters. The Morgan fingerprint density at radius 2 is 1.96 bits per heavy atom. The molecule has 0 heterocycles. The number of amides is 1. The first-order chi connectivity index (χ1) is 11.8. The lowest BCUT2D eigenvalue weighted by atomic mass is 10.2. The second kappa shape index (κ2) is 8.11. The van der Waals surface area contributed by atoms with Crippen molar-refractivity contribution in [1.29, 1.82) is 0 Å². The third kappa shape index (κ3) is 4.79. The van der Waals surface area contributed by atoms with E-state index in [4.69, 9.17) is 40.2 Å². The Morgan fingerprint density at radius 3 is 2.56 bits per heavy atom. The van der Waals surface area contributed by atoms with Crippen LogP contribution in [0.5, 0.6) is 5.75 Å². The number of methoxy groups -OCH3 is 1. The molecule has 1 amide bonds. The monoisotopic (exact) mass is 399 g/mol. The molecule has 0 spiro atoms. The predicted octanol–water partition coefficient (Wildman–Crippen LogP) is 4.04. The molecule has 0 unspecified atom stereocenters. The van der Waals surface area contributed by atoms with Gasteiger partial charge in [0.1, 0.15) is 0 Å². The fourth-order valence-corrected chi connectivity index (χ4v) is 2.55. The normalized spacial score (nSPS) is 10.0. The average Bonchev–Trinajstić information content (AvgIpc) is 2.56. The maximum absolute atomic E-state index is 12.2. The molecular formula is C15H11Cl2N3O4S. The Kier molecular flexibility index (Phi) is 6.13. The molecule has 2 N–H and O–H groups in total. The van der Waals surface area contributed by atoms with Crippen LogP contribution in [0.15, 0.2) is 36.4 Å². The number of ether oxygens (including phenoxy) is 1. The van der Waals surface area contributed by atoms with Gasteiger partial charge >= 0.3 is 5.69 Å². The molecule has 2 rings (SSSR count). The van der Waals surface area contributed by atoms with Crippen molar-refractivity contribution < 1.29 is 14.5 Å². The van der Waals surface area contributed by atoms with Gasteiger partial charge in [-0.25, -0.2) is 0 Å². The summed E-state index contributed by atoms with van der Waals surface area (Å²) in [7, 11) is 1.30. The number of anilines is 1. The molecule has 0 fully saturated rings. The first kappa shape index (κ1) is 18.9. The number of nitrogens with zero attached hydrogens (tertiary/aromatic N) is 1. The third-order valence-corrected chi connectivity index (χ3v) is 3.80. The van der Waals surface area contributed by atoms with Gasteiger partial charge in [-0.2, -0.15) is 0 Å². The number of hydrogen-bond acceptors (Lipinski definition) is 5. The minimum atomic E-state index is -0.639. The van der Waals surface area contributed by atoms with E-state index in [1.165, 1.54) is 25.3 Å². The van der Waals surface area contributed by atoms with Crippen LogP contribution >= 0.6 is 35.4 Å². The highest BCUT2D eigenvalue weighted by molar-refractivity contribution is 7.80. The number of halogens is 2. The van der Waals surface area contributed by atoms with Crippen molar-refractivity contribution >= 4 is 57.8 Å². The van der Waals surface area contributed by atoms with Gasteiger partial charge in [0.05, 0.1) is 22.7 Å². The number of thiocarbonyl (C=S) groups is 1. The number of benzene rings is 2. The maximum Gasteiger partial charge on any atom is 0.311 e. The summed E-state index contributed by atoms with van der Waals surface area (Å²) in [6.07, 6.45) is 0. The number of nitro groups is 1. The van der Waals surface area contributed by atoms with Crippen molar-refractivity contribution in [3.8, 4) is 5.75 Å². The van der Waals surface area contributed by atoms with Crippen LogP contribution in [0.4, 0.5) is 11.4 Å². The second-order valence-electron chi connectivity index (χ2n) is 4.68. The number of carbonyl (C=O) groups is 1. The molecule has 10 heteroatoms. The standard InChI is InChI=1S/C15H11Cl2N3O4S/c1-24-13-5-2-8(6-12(13)20(22)23)14(21)19-15(25)18-11-4-3-9(16)7-10(11)17/h2-7H,1H3,(H2,18,19,21,25). The molecule has 7 nitrogen and oxygen atoms in total. The van der Waals surface area contributed by atoms with Gasteiger partial charge in [0, 0.05) is 16.7 Å². The fourth-order valence-electron chi connectivity index (χ4n) is 1.89. The predicted molar refractivity (Wildman–Crippen MR) is 99.8 cm³/mol. The number of hydrogen-bond donors (Lipinski definition) is 2. The first-order valence-electron chi connectivity index (χ1n) is 6.71. The van der Waals surface area contributed by atoms with Crippen LogP contribution in [0.3, 0.4) is 0 Å². The highest BCUT2D eigenvalue weighted by Gasteiger charge is 2.18. The van der Waals surface area contributed by atoms with Gasteiger partial charge in [0.2, 0.25) is 0 Å². The van der Waals surface area contributed by atoms with Crippen molar-refractivity contribution in [2.45, 2.75) is 0 Å². The van der Waals surface area contributed by atoms with E-state index in [1.54, 1.807) is 12.1 Å². The Hall–Kier alpha value is -2.42. The summed E-state index contributed by atoms with van der Waals surface area (Å²) in [6.45, 7) is 0. The van der Waals surface area contributed by atoms with Crippen LogP contribution < -0.4 is 15.4 Å². The molecule has 0 aliphatic carbocycles. The highest BCUT2D eigenvalue weighted by atomic mass is 35.5. The van der Waals surface area contributed by atoms with Crippen molar-refractivity contribution in [1.82, 2.24) is 5.32 Å². The molecular weight excluding hydrogens is 389 g/mol. The molecule has 2 aromatic rings. The van der Waals surface area contributed by atoms with E-state index in [-0.39, 0.29) is 22.1 Å². The summed E-state index contributed by atoms with van der Waals surface area (Å²) in [5.41, 5.74) is 0.186. The topological polar surface area (TPSA) is 93.5 Å². The average molecular weight is 400 g/mol. The third-order valence-electron chi connectivity index (χ3n) is 3.04. The number of nitro benzene ring substituents is 1. The van der Waals surface area contributed by atoms with E-state index in [0.29, 0.717) is 15.7 Å². The lowest BCUT2D eigenvalue weighted by Gasteiger charge is -2.11. The molecule has 0 saturated heterocycles. The Balaban J connectivity index is 2.12. The molecule has 0 aliphatic heterocycles. The van der Waals surface area contributed by atoms with Crippen molar-refractivity contribution in [3.05, 3.63) is 62.1 Å². The molecule has 130 valence electrons. The second-order valence-corrected chi connectivity index (χ2v) is 5.93. The smallest absolute Gasteiger partial charge is 0.311 e. The Bertz CT molecular complexity index is 861. The zero-order valence-electron chi connectivity index (χ0n) is 12.7. The molecule has 0 aliphatic rings. The van der Waals surface area contributed by atoms with Crippen LogP contribution in [0, 0.1) is 10.1 Å². The van der Waals surface area contributed by atoms with Gasteiger partial charge in [-0.15, -0.1) is 0 Å². The molecule has 2 aromatic carbocycles. The minimum absolute atomic E-state index is 0.0207. The van der Waals surface area contributed by atoms with Crippen LogP contribution in [0.2, 0.25) is 10.0 Å². The molecule has 25 heavy (non-hydrogen) atoms. The summed E-state index contributed by atoms with van der Waals surface area (Å²) in [5.74, 6) is -0.566. The van der Waals surface area contributed by atoms with E-state index in [9.17, 15) is 14.9 Å². The Labute approximate surface area is 158 Å². The summed E-state index contributed by atoms with van der Waals surface area (Å²) in [4.78, 5) is 22.6. The van der Waals surface area contributed by atoms with E-state index in [1.807, 2.05) is 0 Å². The molecule has 0 radical (unpaired) electrons. The zero-order chi connectivity index (χ0) is 18.6. The van der Waals surface area contributed by atoms with Crippen LogP contribution in [-0.4, -0.2) is 23.1 Å². The van der Waals surface area contributed by atoms with E-state index >= 15 is 0 Å². The molecule has 0 aromatic heterocycles. The highest BCUT2D eigenvalue weighted by Crippen LogP contribution is 2.28. The Morgan fingerprint density at radius 1 is 1.24 bits per heavy atom. The maximum atomic E-state index is 12.2. The molecule has 0 saturated carbocycles. The number of carbonyl (C=O) groups excluding carboxylic acids is 1. The van der Waals surface area contributed by atoms with Gasteiger partial charge < -0.3 is 10.1 Å². The summed E-state index contributed by atoms with van der Waals surface area (Å²) < 4.78 is 4.89. The lowest BCUT2D eigenvalue weighted by molar-refractivity contribution is -0.385. The fraction of sp³-hybridized carbons (Fsp3) is 0.0667.